The Morgan fingerprint density at radius 1 is 1.50 bits per heavy atom. The van der Waals surface area contributed by atoms with Crippen molar-refractivity contribution in [1.29, 1.82) is 0 Å². The lowest BCUT2D eigenvalue weighted by molar-refractivity contribution is 0.146. The van der Waals surface area contributed by atoms with Crippen LogP contribution in [0.2, 0.25) is 0 Å². The van der Waals surface area contributed by atoms with E-state index in [1.807, 2.05) is 11.9 Å². The molecular formula is C10H12F2N2. The van der Waals surface area contributed by atoms with E-state index >= 15 is 0 Å². The molecule has 1 aromatic rings. The molecule has 0 saturated carbocycles. The number of hydrogen-bond acceptors (Lipinski definition) is 2. The highest BCUT2D eigenvalue weighted by molar-refractivity contribution is 5.54. The minimum atomic E-state index is -2.48. The molecule has 2 heterocycles. The van der Waals surface area contributed by atoms with Crippen molar-refractivity contribution in [2.45, 2.75) is 19.3 Å². The number of nitrogens with zero attached hydrogens (tertiary/aromatic N) is 2. The molecule has 2 nitrogen and oxygen atoms in total. The van der Waals surface area contributed by atoms with Crippen molar-refractivity contribution in [3.8, 4) is 0 Å². The zero-order chi connectivity index (χ0) is 10.1. The predicted octanol–water partition coefficient (Wildman–Crippen LogP) is 2.40. The lowest BCUT2D eigenvalue weighted by atomic mass is 10.0. The monoisotopic (exact) mass is 198 g/mol. The van der Waals surface area contributed by atoms with Crippen molar-refractivity contribution in [3.05, 3.63) is 23.5 Å². The smallest absolute Gasteiger partial charge is 0.280 e. The Kier molecular flexibility index (Phi) is 2.35. The van der Waals surface area contributed by atoms with Crippen LogP contribution in [-0.2, 0) is 6.42 Å². The van der Waals surface area contributed by atoms with Crippen LogP contribution in [-0.4, -0.2) is 18.6 Å². The number of hydrogen-bond donors (Lipinski definition) is 0. The minimum Gasteiger partial charge on any atom is -0.374 e. The summed E-state index contributed by atoms with van der Waals surface area (Å²) in [6.45, 7) is 0.930. The Bertz CT molecular complexity index is 339. The Balaban J connectivity index is 2.41. The van der Waals surface area contributed by atoms with Crippen LogP contribution in [0, 0.1) is 0 Å². The fourth-order valence-electron chi connectivity index (χ4n) is 1.78. The van der Waals surface area contributed by atoms with Crippen molar-refractivity contribution >= 4 is 5.69 Å². The largest absolute Gasteiger partial charge is 0.374 e. The van der Waals surface area contributed by atoms with Crippen molar-refractivity contribution < 1.29 is 8.78 Å². The van der Waals surface area contributed by atoms with E-state index in [9.17, 15) is 8.78 Å². The van der Waals surface area contributed by atoms with Crippen LogP contribution in [0.3, 0.4) is 0 Å². The van der Waals surface area contributed by atoms with Crippen molar-refractivity contribution in [2.75, 3.05) is 18.5 Å². The molecule has 1 aliphatic heterocycles. The zero-order valence-corrected chi connectivity index (χ0v) is 8.00. The SMILES string of the molecule is CN1CCCc2cnc(C(F)F)cc21. The number of aromatic nitrogens is 1. The molecular weight excluding hydrogens is 186 g/mol. The molecule has 0 unspecified atom stereocenters. The standard InChI is InChI=1S/C10H12F2N2/c1-14-4-2-3-7-6-13-8(10(11)12)5-9(7)14/h5-6,10H,2-4H2,1H3. The van der Waals surface area contributed by atoms with Gasteiger partial charge in [0.25, 0.3) is 6.43 Å². The summed E-state index contributed by atoms with van der Waals surface area (Å²) in [5, 5.41) is 0. The fraction of sp³-hybridized carbons (Fsp3) is 0.500. The van der Waals surface area contributed by atoms with Crippen LogP contribution >= 0.6 is 0 Å². The summed E-state index contributed by atoms with van der Waals surface area (Å²) >= 11 is 0. The third-order valence-electron chi connectivity index (χ3n) is 2.56. The topological polar surface area (TPSA) is 16.1 Å². The predicted molar refractivity (Wildman–Crippen MR) is 50.8 cm³/mol. The second-order valence-corrected chi connectivity index (χ2v) is 3.56. The molecule has 14 heavy (non-hydrogen) atoms. The summed E-state index contributed by atoms with van der Waals surface area (Å²) < 4.78 is 24.8. The van der Waals surface area contributed by atoms with Gasteiger partial charge in [-0.2, -0.15) is 0 Å². The van der Waals surface area contributed by atoms with E-state index < -0.39 is 6.43 Å². The summed E-state index contributed by atoms with van der Waals surface area (Å²) in [6.07, 6.45) is 1.11. The highest BCUT2D eigenvalue weighted by Gasteiger charge is 2.17. The van der Waals surface area contributed by atoms with Crippen molar-refractivity contribution in [2.24, 2.45) is 0 Å². The maximum Gasteiger partial charge on any atom is 0.280 e. The van der Waals surface area contributed by atoms with E-state index in [0.717, 1.165) is 30.6 Å². The maximum absolute atomic E-state index is 12.4. The normalized spacial score (nSPS) is 15.9. The molecule has 1 aliphatic rings. The molecule has 0 radical (unpaired) electrons. The van der Waals surface area contributed by atoms with Crippen molar-refractivity contribution in [3.63, 3.8) is 0 Å². The molecule has 1 aromatic heterocycles. The average Bonchev–Trinajstić information content (AvgIpc) is 2.18. The van der Waals surface area contributed by atoms with Gasteiger partial charge in [0.1, 0.15) is 5.69 Å². The van der Waals surface area contributed by atoms with E-state index in [2.05, 4.69) is 4.98 Å². The number of alkyl halides is 2. The highest BCUT2D eigenvalue weighted by Crippen LogP contribution is 2.28. The molecule has 2 rings (SSSR count). The molecule has 0 saturated heterocycles. The number of rotatable bonds is 1. The highest BCUT2D eigenvalue weighted by atomic mass is 19.3. The fourth-order valence-corrected chi connectivity index (χ4v) is 1.78. The Labute approximate surface area is 81.6 Å². The van der Waals surface area contributed by atoms with Crippen molar-refractivity contribution in [1.82, 2.24) is 4.98 Å². The first kappa shape index (κ1) is 9.37. The maximum atomic E-state index is 12.4. The Hall–Kier alpha value is -1.19. The number of anilines is 1. The minimum absolute atomic E-state index is 0.127. The molecule has 4 heteroatoms. The van der Waals surface area contributed by atoms with Gasteiger partial charge in [-0.3, -0.25) is 4.98 Å². The molecule has 0 N–H and O–H groups in total. The first-order valence-electron chi connectivity index (χ1n) is 4.66. The average molecular weight is 198 g/mol. The van der Waals surface area contributed by atoms with Gasteiger partial charge < -0.3 is 4.90 Å². The van der Waals surface area contributed by atoms with E-state index in [4.69, 9.17) is 0 Å². The summed E-state index contributed by atoms with van der Waals surface area (Å²) in [5.41, 5.74) is 1.85. The quantitative estimate of drug-likeness (QED) is 0.688. The molecule has 0 bridgehead atoms. The molecule has 0 aromatic carbocycles. The number of pyridine rings is 1. The second-order valence-electron chi connectivity index (χ2n) is 3.56. The first-order chi connectivity index (χ1) is 6.68. The van der Waals surface area contributed by atoms with Crippen LogP contribution in [0.4, 0.5) is 14.5 Å². The number of aryl methyl sites for hydroxylation is 1. The molecule has 0 fully saturated rings. The summed E-state index contributed by atoms with van der Waals surface area (Å²) in [4.78, 5) is 5.76. The van der Waals surface area contributed by atoms with Crippen LogP contribution < -0.4 is 4.90 Å². The van der Waals surface area contributed by atoms with Crippen LogP contribution in [0.15, 0.2) is 12.3 Å². The molecule has 0 amide bonds. The summed E-state index contributed by atoms with van der Waals surface area (Å²) in [7, 11) is 1.92. The van der Waals surface area contributed by atoms with E-state index in [1.165, 1.54) is 6.07 Å². The number of halogens is 2. The van der Waals surface area contributed by atoms with Gasteiger partial charge in [0.2, 0.25) is 0 Å². The van der Waals surface area contributed by atoms with Crippen LogP contribution in [0.5, 0.6) is 0 Å². The molecule has 76 valence electrons. The third-order valence-corrected chi connectivity index (χ3v) is 2.56. The summed E-state index contributed by atoms with van der Waals surface area (Å²) in [5.74, 6) is 0. The lowest BCUT2D eigenvalue weighted by Crippen LogP contribution is -2.25. The van der Waals surface area contributed by atoms with Gasteiger partial charge in [-0.05, 0) is 24.5 Å². The third kappa shape index (κ3) is 1.56. The summed E-state index contributed by atoms with van der Waals surface area (Å²) in [6, 6.07) is 1.50. The number of fused-ring (bicyclic) bond motifs is 1. The molecule has 0 spiro atoms. The van der Waals surface area contributed by atoms with Gasteiger partial charge in [-0.25, -0.2) is 8.78 Å². The van der Waals surface area contributed by atoms with E-state index in [-0.39, 0.29) is 5.69 Å². The molecule has 0 aliphatic carbocycles. The molecule has 0 atom stereocenters. The van der Waals surface area contributed by atoms with Gasteiger partial charge in [0.05, 0.1) is 0 Å². The second kappa shape index (κ2) is 3.52. The van der Waals surface area contributed by atoms with Gasteiger partial charge in [-0.15, -0.1) is 0 Å². The Morgan fingerprint density at radius 2 is 2.29 bits per heavy atom. The zero-order valence-electron chi connectivity index (χ0n) is 8.00. The van der Waals surface area contributed by atoms with Crippen LogP contribution in [0.25, 0.3) is 0 Å². The first-order valence-corrected chi connectivity index (χ1v) is 4.66. The van der Waals surface area contributed by atoms with Gasteiger partial charge in [0.15, 0.2) is 0 Å². The van der Waals surface area contributed by atoms with Gasteiger partial charge >= 0.3 is 0 Å². The Morgan fingerprint density at radius 3 is 3.00 bits per heavy atom. The van der Waals surface area contributed by atoms with E-state index in [0.29, 0.717) is 0 Å². The van der Waals surface area contributed by atoms with E-state index in [1.54, 1.807) is 6.20 Å². The van der Waals surface area contributed by atoms with Gasteiger partial charge in [0, 0.05) is 25.5 Å². The van der Waals surface area contributed by atoms with Gasteiger partial charge in [-0.1, -0.05) is 0 Å². The van der Waals surface area contributed by atoms with Crippen LogP contribution in [0.1, 0.15) is 24.1 Å². The lowest BCUT2D eigenvalue weighted by Gasteiger charge is -2.27.